The Kier molecular flexibility index (Phi) is 2.09. The van der Waals surface area contributed by atoms with Gasteiger partial charge in [-0.15, -0.1) is 11.8 Å². The van der Waals surface area contributed by atoms with E-state index in [1.165, 1.54) is 0 Å². The van der Waals surface area contributed by atoms with Gasteiger partial charge in [-0.3, -0.25) is 4.99 Å². The summed E-state index contributed by atoms with van der Waals surface area (Å²) in [4.78, 5) is 14.0. The number of carbonyl (C=O) groups excluding carboxylic acids is 1. The van der Waals surface area contributed by atoms with Crippen LogP contribution in [-0.4, -0.2) is 30.0 Å². The number of rotatable bonds is 1. The topological polar surface area (TPSA) is 29.4 Å². The first-order valence-corrected chi connectivity index (χ1v) is 3.55. The minimum Gasteiger partial charge on any atom is -0.302 e. The molecule has 1 unspecified atom stereocenters. The summed E-state index contributed by atoms with van der Waals surface area (Å²) in [5.41, 5.74) is 0. The van der Waals surface area contributed by atoms with Gasteiger partial charge in [-0.1, -0.05) is 0 Å². The third kappa shape index (κ3) is 1.33. The Hall–Kier alpha value is -0.310. The molecule has 0 amide bonds. The van der Waals surface area contributed by atoms with Gasteiger partial charge in [-0.2, -0.15) is 0 Å². The maximum absolute atomic E-state index is 10.0. The van der Waals surface area contributed by atoms with Gasteiger partial charge in [0.15, 0.2) is 0 Å². The van der Waals surface area contributed by atoms with E-state index < -0.39 is 0 Å². The molecule has 0 aliphatic carbocycles. The van der Waals surface area contributed by atoms with Crippen molar-refractivity contribution in [2.45, 2.75) is 5.25 Å². The van der Waals surface area contributed by atoms with E-state index in [4.69, 9.17) is 0 Å². The summed E-state index contributed by atoms with van der Waals surface area (Å²) in [6.45, 7) is 0.870. The molecule has 0 aromatic carbocycles. The fourth-order valence-corrected chi connectivity index (χ4v) is 1.27. The van der Waals surface area contributed by atoms with Crippen molar-refractivity contribution in [1.29, 1.82) is 0 Å². The fourth-order valence-electron chi connectivity index (χ4n) is 0.537. The van der Waals surface area contributed by atoms with Gasteiger partial charge >= 0.3 is 0 Å². The zero-order valence-corrected chi connectivity index (χ0v) is 5.23. The lowest BCUT2D eigenvalue weighted by Crippen LogP contribution is -2.12. The number of aldehydes is 1. The van der Waals surface area contributed by atoms with Crippen LogP contribution in [0.4, 0.5) is 0 Å². The Balaban J connectivity index is 2.42. The molecule has 0 aromatic rings. The lowest BCUT2D eigenvalue weighted by Gasteiger charge is -2.06. The van der Waals surface area contributed by atoms with Crippen LogP contribution in [0.25, 0.3) is 0 Å². The Morgan fingerprint density at radius 3 is 3.12 bits per heavy atom. The first-order chi connectivity index (χ1) is 3.93. The van der Waals surface area contributed by atoms with Crippen molar-refractivity contribution in [3.63, 3.8) is 0 Å². The highest BCUT2D eigenvalue weighted by Crippen LogP contribution is 2.09. The van der Waals surface area contributed by atoms with Gasteiger partial charge < -0.3 is 4.79 Å². The first-order valence-electron chi connectivity index (χ1n) is 2.50. The zero-order chi connectivity index (χ0) is 5.82. The van der Waals surface area contributed by atoms with E-state index in [1.807, 2.05) is 0 Å². The number of hydrogen-bond donors (Lipinski definition) is 0. The van der Waals surface area contributed by atoms with Crippen LogP contribution in [0.1, 0.15) is 0 Å². The second-order valence-corrected chi connectivity index (χ2v) is 2.81. The minimum atomic E-state index is 0.0312. The van der Waals surface area contributed by atoms with Gasteiger partial charge in [-0.05, 0) is 0 Å². The van der Waals surface area contributed by atoms with E-state index in [9.17, 15) is 4.79 Å². The van der Waals surface area contributed by atoms with E-state index in [-0.39, 0.29) is 5.25 Å². The summed E-state index contributed by atoms with van der Waals surface area (Å²) in [6, 6.07) is 0. The lowest BCUT2D eigenvalue weighted by molar-refractivity contribution is -0.106. The maximum atomic E-state index is 10.0. The summed E-state index contributed by atoms with van der Waals surface area (Å²) in [7, 11) is 0. The standard InChI is InChI=1S/C5H7NOS/c7-4-5-3-6-1-2-8-5/h3-5H,1-2H2. The molecule has 1 rings (SSSR count). The molecule has 0 aromatic heterocycles. The van der Waals surface area contributed by atoms with E-state index in [0.717, 1.165) is 18.6 Å². The summed E-state index contributed by atoms with van der Waals surface area (Å²) in [5.74, 6) is 0.986. The Bertz CT molecular complexity index is 113. The first kappa shape index (κ1) is 5.82. The third-order valence-electron chi connectivity index (χ3n) is 0.917. The van der Waals surface area contributed by atoms with Crippen LogP contribution in [0, 0.1) is 0 Å². The van der Waals surface area contributed by atoms with Crippen molar-refractivity contribution in [2.24, 2.45) is 4.99 Å². The average Bonchev–Trinajstić information content (AvgIpc) is 1.90. The van der Waals surface area contributed by atoms with Crippen molar-refractivity contribution >= 4 is 24.3 Å². The predicted molar refractivity (Wildman–Crippen MR) is 35.7 cm³/mol. The molecule has 2 nitrogen and oxygen atoms in total. The van der Waals surface area contributed by atoms with Crippen LogP contribution < -0.4 is 0 Å². The van der Waals surface area contributed by atoms with Gasteiger partial charge in [0, 0.05) is 18.5 Å². The van der Waals surface area contributed by atoms with Crippen LogP contribution in [0.2, 0.25) is 0 Å². The van der Waals surface area contributed by atoms with Gasteiger partial charge in [0.05, 0.1) is 5.25 Å². The predicted octanol–water partition coefficient (Wildman–Crippen LogP) is 0.372. The minimum absolute atomic E-state index is 0.0312. The van der Waals surface area contributed by atoms with Crippen molar-refractivity contribution in [3.8, 4) is 0 Å². The molecule has 0 radical (unpaired) electrons. The Labute approximate surface area is 52.4 Å². The molecule has 1 aliphatic heterocycles. The van der Waals surface area contributed by atoms with E-state index in [1.54, 1.807) is 18.0 Å². The summed E-state index contributed by atoms with van der Waals surface area (Å²) < 4.78 is 0. The van der Waals surface area contributed by atoms with Gasteiger partial charge in [0.2, 0.25) is 0 Å². The largest absolute Gasteiger partial charge is 0.302 e. The highest BCUT2D eigenvalue weighted by Gasteiger charge is 2.05. The van der Waals surface area contributed by atoms with Gasteiger partial charge in [0.25, 0.3) is 0 Å². The van der Waals surface area contributed by atoms with E-state index >= 15 is 0 Å². The van der Waals surface area contributed by atoms with Crippen molar-refractivity contribution in [2.75, 3.05) is 12.3 Å². The number of aliphatic imine (C=N–C) groups is 1. The number of hydrogen-bond acceptors (Lipinski definition) is 3. The molecule has 0 N–H and O–H groups in total. The molecular formula is C5H7NOS. The Morgan fingerprint density at radius 1 is 1.88 bits per heavy atom. The van der Waals surface area contributed by atoms with E-state index in [2.05, 4.69) is 4.99 Å². The highest BCUT2D eigenvalue weighted by atomic mass is 32.2. The smallest absolute Gasteiger partial charge is 0.138 e. The van der Waals surface area contributed by atoms with Crippen molar-refractivity contribution < 1.29 is 4.79 Å². The molecule has 8 heavy (non-hydrogen) atoms. The molecule has 1 heterocycles. The molecular weight excluding hydrogens is 122 g/mol. The normalized spacial score (nSPS) is 27.8. The van der Waals surface area contributed by atoms with Crippen LogP contribution in [-0.2, 0) is 4.79 Å². The molecule has 0 saturated heterocycles. The highest BCUT2D eigenvalue weighted by molar-refractivity contribution is 8.01. The third-order valence-corrected chi connectivity index (χ3v) is 1.95. The second-order valence-electron chi connectivity index (χ2n) is 1.53. The van der Waals surface area contributed by atoms with Crippen molar-refractivity contribution in [1.82, 2.24) is 0 Å². The molecule has 0 fully saturated rings. The molecule has 0 bridgehead atoms. The molecule has 0 saturated carbocycles. The molecule has 1 atom stereocenters. The van der Waals surface area contributed by atoms with E-state index in [0.29, 0.717) is 0 Å². The lowest BCUT2D eigenvalue weighted by atomic mass is 10.5. The summed E-state index contributed by atoms with van der Waals surface area (Å²) in [6.07, 6.45) is 2.63. The quantitative estimate of drug-likeness (QED) is 0.479. The van der Waals surface area contributed by atoms with Crippen molar-refractivity contribution in [3.05, 3.63) is 0 Å². The number of nitrogens with zero attached hydrogens (tertiary/aromatic N) is 1. The second kappa shape index (κ2) is 2.87. The molecule has 44 valence electrons. The van der Waals surface area contributed by atoms with Gasteiger partial charge in [-0.25, -0.2) is 0 Å². The molecule has 0 spiro atoms. The Morgan fingerprint density at radius 2 is 2.75 bits per heavy atom. The van der Waals surface area contributed by atoms with Crippen LogP contribution in [0.5, 0.6) is 0 Å². The molecule has 1 aliphatic rings. The van der Waals surface area contributed by atoms with Crippen LogP contribution in [0.15, 0.2) is 4.99 Å². The monoisotopic (exact) mass is 129 g/mol. The van der Waals surface area contributed by atoms with Crippen LogP contribution >= 0.6 is 11.8 Å². The maximum Gasteiger partial charge on any atom is 0.138 e. The molecule has 3 heteroatoms. The summed E-state index contributed by atoms with van der Waals surface area (Å²) in [5, 5.41) is 0.0312. The fraction of sp³-hybridized carbons (Fsp3) is 0.600. The number of carbonyl (C=O) groups is 1. The zero-order valence-electron chi connectivity index (χ0n) is 4.41. The number of thioether (sulfide) groups is 1. The average molecular weight is 129 g/mol. The van der Waals surface area contributed by atoms with Gasteiger partial charge in [0.1, 0.15) is 6.29 Å². The van der Waals surface area contributed by atoms with Crippen LogP contribution in [0.3, 0.4) is 0 Å². The SMILES string of the molecule is O=CC1C=NCCS1. The summed E-state index contributed by atoms with van der Waals surface area (Å²) >= 11 is 1.65.